The van der Waals surface area contributed by atoms with E-state index in [4.69, 9.17) is 4.99 Å². The second-order valence-electron chi connectivity index (χ2n) is 7.24. The number of aromatic nitrogens is 4. The summed E-state index contributed by atoms with van der Waals surface area (Å²) >= 11 is 0. The van der Waals surface area contributed by atoms with E-state index < -0.39 is 0 Å². The highest BCUT2D eigenvalue weighted by Gasteiger charge is 2.09. The van der Waals surface area contributed by atoms with E-state index in [1.54, 1.807) is 0 Å². The Morgan fingerprint density at radius 3 is 2.59 bits per heavy atom. The summed E-state index contributed by atoms with van der Waals surface area (Å²) in [6.45, 7) is 11.2. The van der Waals surface area contributed by atoms with Crippen LogP contribution in [0.3, 0.4) is 0 Å². The van der Waals surface area contributed by atoms with E-state index in [-0.39, 0.29) is 0 Å². The molecule has 3 rings (SSSR count). The van der Waals surface area contributed by atoms with Crippen molar-refractivity contribution in [1.82, 2.24) is 30.0 Å². The third-order valence-corrected chi connectivity index (χ3v) is 5.12. The number of aryl methyl sites for hydroxylation is 3. The quantitative estimate of drug-likeness (QED) is 0.478. The molecule has 2 aromatic heterocycles. The molecule has 2 heterocycles. The average Bonchev–Trinajstić information content (AvgIpc) is 3.20. The summed E-state index contributed by atoms with van der Waals surface area (Å²) in [6, 6.07) is 8.56. The zero-order chi connectivity index (χ0) is 20.8. The van der Waals surface area contributed by atoms with E-state index in [0.29, 0.717) is 13.1 Å². The van der Waals surface area contributed by atoms with Crippen LogP contribution in [0.2, 0.25) is 0 Å². The Bertz CT molecular complexity index is 981. The number of imidazole rings is 1. The molecular formula is C22H31N7. The highest BCUT2D eigenvalue weighted by atomic mass is 15.3. The van der Waals surface area contributed by atoms with Crippen LogP contribution in [0, 0.1) is 20.8 Å². The molecule has 0 aliphatic carbocycles. The third-order valence-electron chi connectivity index (χ3n) is 5.12. The van der Waals surface area contributed by atoms with Crippen LogP contribution >= 0.6 is 0 Å². The van der Waals surface area contributed by atoms with E-state index in [0.717, 1.165) is 30.6 Å². The fourth-order valence-electron chi connectivity index (χ4n) is 3.35. The van der Waals surface area contributed by atoms with Crippen molar-refractivity contribution in [2.24, 2.45) is 12.0 Å². The van der Waals surface area contributed by atoms with Crippen LogP contribution in [0.4, 0.5) is 0 Å². The Balaban J connectivity index is 1.66. The zero-order valence-electron chi connectivity index (χ0n) is 18.0. The van der Waals surface area contributed by atoms with Gasteiger partial charge in [-0.15, -0.1) is 0 Å². The molecule has 0 saturated heterocycles. The molecule has 0 amide bonds. The molecule has 0 aliphatic rings. The molecule has 2 N–H and O–H groups in total. The molecule has 154 valence electrons. The summed E-state index contributed by atoms with van der Waals surface area (Å²) < 4.78 is 4.07. The predicted octanol–water partition coefficient (Wildman–Crippen LogP) is 2.85. The molecule has 7 nitrogen and oxygen atoms in total. The monoisotopic (exact) mass is 393 g/mol. The maximum absolute atomic E-state index is 4.77. The second kappa shape index (κ2) is 9.41. The van der Waals surface area contributed by atoms with Gasteiger partial charge in [-0.2, -0.15) is 5.10 Å². The van der Waals surface area contributed by atoms with Gasteiger partial charge in [-0.25, -0.2) is 9.98 Å². The fraction of sp³-hybridized carbons (Fsp3) is 0.409. The topological polar surface area (TPSA) is 72.1 Å². The number of hydrogen-bond donors (Lipinski definition) is 2. The minimum atomic E-state index is 0.622. The summed E-state index contributed by atoms with van der Waals surface area (Å²) in [7, 11) is 1.98. The molecule has 3 aromatic rings. The first kappa shape index (κ1) is 20.6. The van der Waals surface area contributed by atoms with Crippen LogP contribution in [0.1, 0.15) is 40.8 Å². The molecule has 0 aliphatic heterocycles. The van der Waals surface area contributed by atoms with Gasteiger partial charge < -0.3 is 15.2 Å². The molecule has 0 spiro atoms. The SMILES string of the molecule is CCNC(=NCc1cccc(Cn2ccnc2C)c1)NCc1c(C)nn(C)c1C. The molecule has 0 radical (unpaired) electrons. The van der Waals surface area contributed by atoms with E-state index in [9.17, 15) is 0 Å². The minimum Gasteiger partial charge on any atom is -0.357 e. The third kappa shape index (κ3) is 5.25. The molecule has 0 saturated carbocycles. The minimum absolute atomic E-state index is 0.622. The van der Waals surface area contributed by atoms with Gasteiger partial charge >= 0.3 is 0 Å². The molecule has 0 fully saturated rings. The van der Waals surface area contributed by atoms with Crippen LogP contribution < -0.4 is 10.6 Å². The van der Waals surface area contributed by atoms with Crippen molar-refractivity contribution >= 4 is 5.96 Å². The van der Waals surface area contributed by atoms with Gasteiger partial charge in [-0.3, -0.25) is 4.68 Å². The normalized spacial score (nSPS) is 11.7. The van der Waals surface area contributed by atoms with Crippen molar-refractivity contribution in [3.63, 3.8) is 0 Å². The number of benzene rings is 1. The number of aliphatic imine (C=N–C) groups is 1. The Labute approximate surface area is 172 Å². The number of guanidine groups is 1. The molecular weight excluding hydrogens is 362 g/mol. The van der Waals surface area contributed by atoms with E-state index in [2.05, 4.69) is 63.4 Å². The average molecular weight is 394 g/mol. The highest BCUT2D eigenvalue weighted by molar-refractivity contribution is 5.79. The maximum Gasteiger partial charge on any atom is 0.191 e. The highest BCUT2D eigenvalue weighted by Crippen LogP contribution is 2.12. The first-order chi connectivity index (χ1) is 14.0. The maximum atomic E-state index is 4.77. The van der Waals surface area contributed by atoms with Crippen LogP contribution in [-0.4, -0.2) is 31.8 Å². The Morgan fingerprint density at radius 1 is 1.14 bits per heavy atom. The van der Waals surface area contributed by atoms with Gasteiger partial charge in [0.1, 0.15) is 5.82 Å². The smallest absolute Gasteiger partial charge is 0.191 e. The van der Waals surface area contributed by atoms with Gasteiger partial charge in [0.2, 0.25) is 0 Å². The molecule has 0 atom stereocenters. The predicted molar refractivity (Wildman–Crippen MR) is 117 cm³/mol. The van der Waals surface area contributed by atoms with Crippen molar-refractivity contribution in [2.75, 3.05) is 6.54 Å². The molecule has 1 aromatic carbocycles. The lowest BCUT2D eigenvalue weighted by Gasteiger charge is -2.12. The van der Waals surface area contributed by atoms with E-state index in [1.807, 2.05) is 38.0 Å². The summed E-state index contributed by atoms with van der Waals surface area (Å²) in [5, 5.41) is 11.2. The number of nitrogens with zero attached hydrogens (tertiary/aromatic N) is 5. The lowest BCUT2D eigenvalue weighted by atomic mass is 10.1. The van der Waals surface area contributed by atoms with E-state index in [1.165, 1.54) is 22.4 Å². The van der Waals surface area contributed by atoms with Gasteiger partial charge in [0, 0.05) is 50.3 Å². The van der Waals surface area contributed by atoms with Crippen molar-refractivity contribution in [1.29, 1.82) is 0 Å². The van der Waals surface area contributed by atoms with Gasteiger partial charge in [0.25, 0.3) is 0 Å². The Morgan fingerprint density at radius 2 is 1.93 bits per heavy atom. The summed E-state index contributed by atoms with van der Waals surface area (Å²) in [5.41, 5.74) is 5.88. The first-order valence-electron chi connectivity index (χ1n) is 10.0. The van der Waals surface area contributed by atoms with Crippen LogP contribution in [0.25, 0.3) is 0 Å². The fourth-order valence-corrected chi connectivity index (χ4v) is 3.35. The molecule has 0 unspecified atom stereocenters. The molecule has 7 heteroatoms. The van der Waals surface area contributed by atoms with Gasteiger partial charge in [0.15, 0.2) is 5.96 Å². The number of rotatable bonds is 7. The van der Waals surface area contributed by atoms with Crippen molar-refractivity contribution < 1.29 is 0 Å². The van der Waals surface area contributed by atoms with Crippen molar-refractivity contribution in [2.45, 2.75) is 47.3 Å². The van der Waals surface area contributed by atoms with Gasteiger partial charge in [0.05, 0.1) is 12.2 Å². The van der Waals surface area contributed by atoms with Gasteiger partial charge in [-0.05, 0) is 38.8 Å². The van der Waals surface area contributed by atoms with E-state index >= 15 is 0 Å². The largest absolute Gasteiger partial charge is 0.357 e. The summed E-state index contributed by atoms with van der Waals surface area (Å²) in [5.74, 6) is 1.83. The number of hydrogen-bond acceptors (Lipinski definition) is 3. The molecule has 29 heavy (non-hydrogen) atoms. The lowest BCUT2D eigenvalue weighted by Crippen LogP contribution is -2.37. The van der Waals surface area contributed by atoms with Crippen molar-refractivity contribution in [3.8, 4) is 0 Å². The summed E-state index contributed by atoms with van der Waals surface area (Å²) in [4.78, 5) is 9.06. The van der Waals surface area contributed by atoms with Crippen LogP contribution in [0.15, 0.2) is 41.7 Å². The van der Waals surface area contributed by atoms with Crippen molar-refractivity contribution in [3.05, 3.63) is 70.6 Å². The zero-order valence-corrected chi connectivity index (χ0v) is 18.0. The van der Waals surface area contributed by atoms with Crippen LogP contribution in [0.5, 0.6) is 0 Å². The van der Waals surface area contributed by atoms with Gasteiger partial charge in [-0.1, -0.05) is 24.3 Å². The number of nitrogens with one attached hydrogen (secondary N) is 2. The molecule has 0 bridgehead atoms. The standard InChI is InChI=1S/C22H31N7/c1-6-23-22(26-14-21-16(2)27-28(5)17(21)3)25-13-19-8-7-9-20(12-19)15-29-11-10-24-18(29)4/h7-12H,6,13-15H2,1-5H3,(H2,23,25,26). The Kier molecular flexibility index (Phi) is 6.69. The second-order valence-corrected chi connectivity index (χ2v) is 7.24. The lowest BCUT2D eigenvalue weighted by molar-refractivity contribution is 0.728. The van der Waals surface area contributed by atoms with Crippen LogP contribution in [-0.2, 0) is 26.7 Å². The summed E-state index contributed by atoms with van der Waals surface area (Å²) in [6.07, 6.45) is 3.85. The first-order valence-corrected chi connectivity index (χ1v) is 10.0. The Hall–Kier alpha value is -3.09.